The number of amides is 2. The summed E-state index contributed by atoms with van der Waals surface area (Å²) in [5.41, 5.74) is 2.55. The molecule has 2 amide bonds. The minimum Gasteiger partial charge on any atom is -0.378 e. The molecule has 2 aromatic rings. The number of nitrogens with zero attached hydrogens (tertiary/aromatic N) is 3. The van der Waals surface area contributed by atoms with E-state index < -0.39 is 11.8 Å². The highest BCUT2D eigenvalue weighted by Gasteiger charge is 2.31. The molecule has 24 heavy (non-hydrogen) atoms. The molecule has 1 aliphatic heterocycles. The summed E-state index contributed by atoms with van der Waals surface area (Å²) in [6.07, 6.45) is 0. The van der Waals surface area contributed by atoms with Gasteiger partial charge in [-0.15, -0.1) is 5.11 Å². The Bertz CT molecular complexity index is 837. The first kappa shape index (κ1) is 15.6. The summed E-state index contributed by atoms with van der Waals surface area (Å²) in [6.45, 7) is 0. The maximum atomic E-state index is 12.0. The third kappa shape index (κ3) is 3.08. The van der Waals surface area contributed by atoms with Gasteiger partial charge in [0, 0.05) is 19.8 Å². The molecule has 3 rings (SSSR count). The number of nitrogens with one attached hydrogen (secondary N) is 1. The van der Waals surface area contributed by atoms with Crippen molar-refractivity contribution in [3.63, 3.8) is 0 Å². The molecular formula is C18H16N4O2. The van der Waals surface area contributed by atoms with E-state index >= 15 is 0 Å². The molecule has 2 aromatic carbocycles. The van der Waals surface area contributed by atoms with Crippen molar-refractivity contribution in [3.05, 3.63) is 65.9 Å². The molecule has 1 aliphatic rings. The van der Waals surface area contributed by atoms with Gasteiger partial charge in [-0.25, -0.2) is 0 Å². The highest BCUT2D eigenvalue weighted by molar-refractivity contribution is 6.35. The largest absolute Gasteiger partial charge is 0.378 e. The Morgan fingerprint density at radius 1 is 0.833 bits per heavy atom. The second-order valence-electron chi connectivity index (χ2n) is 5.48. The summed E-state index contributed by atoms with van der Waals surface area (Å²) in [5.74, 6) is -0.990. The first-order valence-corrected chi connectivity index (χ1v) is 7.41. The number of hydrogen-bond acceptors (Lipinski definition) is 5. The molecule has 0 aliphatic carbocycles. The predicted molar refractivity (Wildman–Crippen MR) is 91.8 cm³/mol. The van der Waals surface area contributed by atoms with Gasteiger partial charge in [0.1, 0.15) is 0 Å². The highest BCUT2D eigenvalue weighted by Crippen LogP contribution is 2.26. The van der Waals surface area contributed by atoms with Crippen LogP contribution in [0.1, 0.15) is 5.56 Å². The molecule has 0 unspecified atom stereocenters. The smallest absolute Gasteiger partial charge is 0.279 e. The number of hydrogen-bond donors (Lipinski definition) is 1. The molecule has 1 heterocycles. The van der Waals surface area contributed by atoms with Crippen LogP contribution in [0.2, 0.25) is 0 Å². The van der Waals surface area contributed by atoms with Gasteiger partial charge >= 0.3 is 0 Å². The quantitative estimate of drug-likeness (QED) is 0.695. The van der Waals surface area contributed by atoms with Gasteiger partial charge < -0.3 is 4.90 Å². The zero-order valence-electron chi connectivity index (χ0n) is 13.4. The normalized spacial score (nSPS) is 14.4. The second-order valence-corrected chi connectivity index (χ2v) is 5.48. The van der Waals surface area contributed by atoms with Crippen molar-refractivity contribution in [2.24, 2.45) is 10.2 Å². The lowest BCUT2D eigenvalue weighted by molar-refractivity contribution is -0.123. The topological polar surface area (TPSA) is 74.1 Å². The average molecular weight is 320 g/mol. The predicted octanol–water partition coefficient (Wildman–Crippen LogP) is 2.90. The molecule has 0 bridgehead atoms. The number of benzene rings is 2. The summed E-state index contributed by atoms with van der Waals surface area (Å²) in [5, 5.41) is 10.4. The van der Waals surface area contributed by atoms with Crippen LogP contribution in [0.15, 0.2) is 70.5 Å². The standard InChI is InChI=1S/C18H16N4O2/c1-22(2)14-10-8-13(9-11-14)20-21-16-15(17(23)19-18(16)24)12-6-4-3-5-7-12/h3-11H,1-2H3,(H,19,23,24). The van der Waals surface area contributed by atoms with Gasteiger partial charge in [0.25, 0.3) is 11.8 Å². The fourth-order valence-corrected chi connectivity index (χ4v) is 2.34. The molecule has 0 fully saturated rings. The molecule has 0 atom stereocenters. The van der Waals surface area contributed by atoms with Gasteiger partial charge in [-0.05, 0) is 29.8 Å². The Labute approximate surface area is 139 Å². The third-order valence-electron chi connectivity index (χ3n) is 3.60. The molecule has 6 heteroatoms. The Morgan fingerprint density at radius 3 is 2.12 bits per heavy atom. The highest BCUT2D eigenvalue weighted by atomic mass is 16.2. The third-order valence-corrected chi connectivity index (χ3v) is 3.60. The molecule has 0 saturated carbocycles. The Morgan fingerprint density at radius 2 is 1.50 bits per heavy atom. The molecule has 120 valence electrons. The van der Waals surface area contributed by atoms with Crippen molar-refractivity contribution in [2.75, 3.05) is 19.0 Å². The lowest BCUT2D eigenvalue weighted by Crippen LogP contribution is -2.22. The van der Waals surface area contributed by atoms with Crippen LogP contribution >= 0.6 is 0 Å². The molecule has 1 N–H and O–H groups in total. The van der Waals surface area contributed by atoms with Gasteiger partial charge in [0.05, 0.1) is 11.3 Å². The minimum absolute atomic E-state index is 0.0305. The maximum Gasteiger partial charge on any atom is 0.279 e. The van der Waals surface area contributed by atoms with Crippen LogP contribution in [0.25, 0.3) is 5.57 Å². The second kappa shape index (κ2) is 6.45. The van der Waals surface area contributed by atoms with E-state index in [0.717, 1.165) is 5.69 Å². The van der Waals surface area contributed by atoms with Gasteiger partial charge in [-0.2, -0.15) is 5.11 Å². The lowest BCUT2D eigenvalue weighted by Gasteiger charge is -2.11. The van der Waals surface area contributed by atoms with E-state index in [4.69, 9.17) is 0 Å². The molecule has 0 aromatic heterocycles. The van der Waals surface area contributed by atoms with E-state index in [9.17, 15) is 9.59 Å². The molecule has 0 spiro atoms. The summed E-state index contributed by atoms with van der Waals surface area (Å²) in [6, 6.07) is 16.4. The molecule has 0 saturated heterocycles. The van der Waals surface area contributed by atoms with Crippen molar-refractivity contribution in [1.29, 1.82) is 0 Å². The first-order valence-electron chi connectivity index (χ1n) is 7.41. The Balaban J connectivity index is 1.95. The summed E-state index contributed by atoms with van der Waals surface area (Å²) < 4.78 is 0. The lowest BCUT2D eigenvalue weighted by atomic mass is 10.1. The SMILES string of the molecule is CN(C)c1ccc(N=NC2=C(c3ccccc3)C(=O)NC2=O)cc1. The summed E-state index contributed by atoms with van der Waals surface area (Å²) >= 11 is 0. The van der Waals surface area contributed by atoms with Gasteiger partial charge in [-0.1, -0.05) is 30.3 Å². The number of rotatable bonds is 4. The van der Waals surface area contributed by atoms with Crippen molar-refractivity contribution < 1.29 is 9.59 Å². The van der Waals surface area contributed by atoms with E-state index in [1.54, 1.807) is 36.4 Å². The molecule has 0 radical (unpaired) electrons. The van der Waals surface area contributed by atoms with Crippen molar-refractivity contribution in [2.45, 2.75) is 0 Å². The maximum absolute atomic E-state index is 12.0. The zero-order valence-corrected chi connectivity index (χ0v) is 13.4. The number of carbonyl (C=O) groups excluding carboxylic acids is 2. The number of anilines is 1. The van der Waals surface area contributed by atoms with Crippen molar-refractivity contribution in [3.8, 4) is 0 Å². The van der Waals surface area contributed by atoms with E-state index in [0.29, 0.717) is 11.3 Å². The van der Waals surface area contributed by atoms with Crippen LogP contribution in [0, 0.1) is 0 Å². The number of azo groups is 1. The van der Waals surface area contributed by atoms with Crippen LogP contribution in [0.5, 0.6) is 0 Å². The Kier molecular flexibility index (Phi) is 4.20. The van der Waals surface area contributed by atoms with Crippen molar-refractivity contribution in [1.82, 2.24) is 5.32 Å². The van der Waals surface area contributed by atoms with E-state index in [2.05, 4.69) is 15.5 Å². The van der Waals surface area contributed by atoms with Gasteiger partial charge in [0.2, 0.25) is 0 Å². The zero-order chi connectivity index (χ0) is 17.1. The van der Waals surface area contributed by atoms with E-state index in [-0.39, 0.29) is 11.3 Å². The fourth-order valence-electron chi connectivity index (χ4n) is 2.34. The summed E-state index contributed by atoms with van der Waals surface area (Å²) in [4.78, 5) is 26.0. The van der Waals surface area contributed by atoms with Crippen LogP contribution < -0.4 is 10.2 Å². The van der Waals surface area contributed by atoms with E-state index in [1.165, 1.54) is 0 Å². The minimum atomic E-state index is -0.535. The number of carbonyl (C=O) groups is 2. The molecular weight excluding hydrogens is 304 g/mol. The van der Waals surface area contributed by atoms with Gasteiger partial charge in [0.15, 0.2) is 5.70 Å². The van der Waals surface area contributed by atoms with Crippen molar-refractivity contribution >= 4 is 28.8 Å². The number of imide groups is 1. The fraction of sp³-hybridized carbons (Fsp3) is 0.111. The van der Waals surface area contributed by atoms with Crippen LogP contribution in [0.3, 0.4) is 0 Å². The Hall–Kier alpha value is -3.28. The van der Waals surface area contributed by atoms with E-state index in [1.807, 2.05) is 37.2 Å². The summed E-state index contributed by atoms with van der Waals surface area (Å²) in [7, 11) is 3.89. The first-order chi connectivity index (χ1) is 11.6. The average Bonchev–Trinajstić information content (AvgIpc) is 2.87. The van der Waals surface area contributed by atoms with Gasteiger partial charge in [-0.3, -0.25) is 14.9 Å². The monoisotopic (exact) mass is 320 g/mol. The van der Waals surface area contributed by atoms with Crippen LogP contribution in [-0.2, 0) is 9.59 Å². The van der Waals surface area contributed by atoms with Crippen LogP contribution in [-0.4, -0.2) is 25.9 Å². The molecule has 6 nitrogen and oxygen atoms in total. The van der Waals surface area contributed by atoms with Crippen LogP contribution in [0.4, 0.5) is 11.4 Å².